The van der Waals surface area contributed by atoms with Crippen LogP contribution in [0.3, 0.4) is 0 Å². The van der Waals surface area contributed by atoms with E-state index in [1.54, 1.807) is 52.1 Å². The van der Waals surface area contributed by atoms with Gasteiger partial charge in [-0.25, -0.2) is 9.18 Å². The van der Waals surface area contributed by atoms with Crippen molar-refractivity contribution in [1.29, 1.82) is 5.26 Å². The molecular formula is C29H33FN4O5. The Morgan fingerprint density at radius 3 is 2.51 bits per heavy atom. The second-order valence-electron chi connectivity index (χ2n) is 11.0. The van der Waals surface area contributed by atoms with E-state index in [1.807, 2.05) is 0 Å². The van der Waals surface area contributed by atoms with Crippen LogP contribution in [0.2, 0.25) is 0 Å². The van der Waals surface area contributed by atoms with Crippen molar-refractivity contribution in [2.75, 3.05) is 20.3 Å². The summed E-state index contributed by atoms with van der Waals surface area (Å²) in [5.41, 5.74) is 1.26. The molecule has 206 valence electrons. The first-order valence-electron chi connectivity index (χ1n) is 12.9. The van der Waals surface area contributed by atoms with E-state index in [0.29, 0.717) is 22.3 Å². The zero-order chi connectivity index (χ0) is 28.4. The number of hydrogen-bond donors (Lipinski definition) is 2. The summed E-state index contributed by atoms with van der Waals surface area (Å²) in [6.45, 7) is 6.00. The molecule has 2 aromatic rings. The lowest BCUT2D eigenvalue weighted by atomic mass is 9.88. The summed E-state index contributed by atoms with van der Waals surface area (Å²) in [6.07, 6.45) is -0.116. The number of ether oxygens (including phenoxy) is 2. The summed E-state index contributed by atoms with van der Waals surface area (Å²) in [5, 5.41) is 15.4. The third-order valence-electron chi connectivity index (χ3n) is 6.85. The second kappa shape index (κ2) is 11.0. The highest BCUT2D eigenvalue weighted by atomic mass is 19.1. The molecule has 0 unspecified atom stereocenters. The summed E-state index contributed by atoms with van der Waals surface area (Å²) in [6, 6.07) is 11.0. The zero-order valence-corrected chi connectivity index (χ0v) is 22.6. The van der Waals surface area contributed by atoms with Crippen molar-refractivity contribution in [3.05, 3.63) is 58.9 Å². The van der Waals surface area contributed by atoms with Crippen molar-refractivity contribution in [2.24, 2.45) is 0 Å². The number of alkyl carbamates (subject to hydrolysis) is 1. The van der Waals surface area contributed by atoms with Crippen molar-refractivity contribution < 1.29 is 28.2 Å². The van der Waals surface area contributed by atoms with Gasteiger partial charge in [-0.3, -0.25) is 9.59 Å². The molecule has 9 nitrogen and oxygen atoms in total. The first-order valence-corrected chi connectivity index (χ1v) is 12.9. The number of hydrogen-bond acceptors (Lipinski definition) is 6. The Bertz CT molecular complexity index is 1320. The van der Waals surface area contributed by atoms with E-state index in [0.717, 1.165) is 5.56 Å². The molecule has 0 spiro atoms. The summed E-state index contributed by atoms with van der Waals surface area (Å²) in [5.74, 6) is -1.08. The minimum atomic E-state index is -1.28. The number of halogens is 1. The monoisotopic (exact) mass is 536 g/mol. The van der Waals surface area contributed by atoms with Gasteiger partial charge in [0.1, 0.15) is 23.0 Å². The van der Waals surface area contributed by atoms with Crippen LogP contribution in [0.5, 0.6) is 0 Å². The first kappa shape index (κ1) is 28.0. The largest absolute Gasteiger partial charge is 0.444 e. The van der Waals surface area contributed by atoms with Gasteiger partial charge in [-0.1, -0.05) is 18.2 Å². The highest BCUT2D eigenvalue weighted by molar-refractivity contribution is 6.02. The predicted octanol–water partition coefficient (Wildman–Crippen LogP) is 3.70. The van der Waals surface area contributed by atoms with Gasteiger partial charge in [0, 0.05) is 51.6 Å². The molecule has 0 radical (unpaired) electrons. The van der Waals surface area contributed by atoms with Gasteiger partial charge in [-0.2, -0.15) is 5.26 Å². The lowest BCUT2D eigenvalue weighted by Crippen LogP contribution is -2.63. The fourth-order valence-corrected chi connectivity index (χ4v) is 4.91. The molecule has 2 aliphatic rings. The Morgan fingerprint density at radius 2 is 1.85 bits per heavy atom. The van der Waals surface area contributed by atoms with Gasteiger partial charge in [0.2, 0.25) is 5.91 Å². The molecule has 1 atom stereocenters. The third-order valence-corrected chi connectivity index (χ3v) is 6.85. The average molecular weight is 537 g/mol. The predicted molar refractivity (Wildman–Crippen MR) is 141 cm³/mol. The third kappa shape index (κ3) is 6.37. The van der Waals surface area contributed by atoms with Crippen LogP contribution in [0.4, 0.5) is 9.18 Å². The number of fused-ring (bicyclic) bond motifs is 3. The number of nitrogens with zero attached hydrogens (tertiary/aromatic N) is 2. The van der Waals surface area contributed by atoms with E-state index in [2.05, 4.69) is 16.7 Å². The molecule has 10 heteroatoms. The normalized spacial score (nSPS) is 17.1. The lowest BCUT2D eigenvalue weighted by molar-refractivity contribution is -0.132. The number of amides is 3. The molecule has 2 aromatic carbocycles. The van der Waals surface area contributed by atoms with E-state index in [9.17, 15) is 24.0 Å². The summed E-state index contributed by atoms with van der Waals surface area (Å²) in [7, 11) is 1.65. The van der Waals surface area contributed by atoms with Crippen LogP contribution >= 0.6 is 0 Å². The van der Waals surface area contributed by atoms with Gasteiger partial charge >= 0.3 is 6.09 Å². The van der Waals surface area contributed by atoms with Gasteiger partial charge in [-0.15, -0.1) is 0 Å². The van der Waals surface area contributed by atoms with Crippen LogP contribution in [0.25, 0.3) is 11.1 Å². The SMILES string of the molecule is CN1Cc2cc(F)ccc2-c2ccc(C[C@@H](C#N)NC(=O)C3(NC(=O)OC(C)(C)C)CCOCC3)cc2C1=O. The number of carbonyl (C=O) groups excluding carboxylic acids is 3. The van der Waals surface area contributed by atoms with Crippen molar-refractivity contribution in [3.8, 4) is 17.2 Å². The highest BCUT2D eigenvalue weighted by Crippen LogP contribution is 2.33. The molecule has 2 aliphatic heterocycles. The van der Waals surface area contributed by atoms with Gasteiger partial charge in [0.15, 0.2) is 0 Å². The molecule has 3 amide bonds. The molecule has 0 aromatic heterocycles. The summed E-state index contributed by atoms with van der Waals surface area (Å²) >= 11 is 0. The van der Waals surface area contributed by atoms with Crippen molar-refractivity contribution >= 4 is 17.9 Å². The van der Waals surface area contributed by atoms with Crippen LogP contribution in [0.15, 0.2) is 36.4 Å². The van der Waals surface area contributed by atoms with Gasteiger partial charge in [0.05, 0.1) is 6.07 Å². The molecule has 2 heterocycles. The Hall–Kier alpha value is -3.97. The Balaban J connectivity index is 1.55. The Kier molecular flexibility index (Phi) is 7.93. The molecule has 1 fully saturated rings. The highest BCUT2D eigenvalue weighted by Gasteiger charge is 2.43. The number of carbonyl (C=O) groups is 3. The molecule has 0 bridgehead atoms. The van der Waals surface area contributed by atoms with E-state index in [-0.39, 0.29) is 50.7 Å². The minimum absolute atomic E-state index is 0.141. The summed E-state index contributed by atoms with van der Waals surface area (Å²) in [4.78, 5) is 40.7. The van der Waals surface area contributed by atoms with E-state index < -0.39 is 29.2 Å². The molecule has 2 N–H and O–H groups in total. The van der Waals surface area contributed by atoms with Crippen LogP contribution in [0.1, 0.15) is 55.1 Å². The zero-order valence-electron chi connectivity index (χ0n) is 22.6. The van der Waals surface area contributed by atoms with Gasteiger partial charge in [0.25, 0.3) is 5.91 Å². The van der Waals surface area contributed by atoms with Gasteiger partial charge in [-0.05, 0) is 61.2 Å². The van der Waals surface area contributed by atoms with Crippen LogP contribution < -0.4 is 10.6 Å². The molecule has 39 heavy (non-hydrogen) atoms. The molecule has 4 rings (SSSR count). The van der Waals surface area contributed by atoms with Crippen LogP contribution in [0, 0.1) is 17.1 Å². The molecule has 0 saturated carbocycles. The lowest BCUT2D eigenvalue weighted by Gasteiger charge is -2.37. The smallest absolute Gasteiger partial charge is 0.408 e. The molecule has 1 saturated heterocycles. The number of rotatable bonds is 5. The Labute approximate surface area is 227 Å². The summed E-state index contributed by atoms with van der Waals surface area (Å²) < 4.78 is 24.6. The maximum Gasteiger partial charge on any atom is 0.408 e. The second-order valence-corrected chi connectivity index (χ2v) is 11.0. The maximum atomic E-state index is 13.9. The van der Waals surface area contributed by atoms with Crippen LogP contribution in [-0.2, 0) is 27.2 Å². The van der Waals surface area contributed by atoms with Gasteiger partial charge < -0.3 is 25.0 Å². The quantitative estimate of drug-likeness (QED) is 0.601. The van der Waals surface area contributed by atoms with Crippen molar-refractivity contribution in [3.63, 3.8) is 0 Å². The van der Waals surface area contributed by atoms with Crippen LogP contribution in [-0.4, -0.2) is 60.3 Å². The van der Waals surface area contributed by atoms with Crippen molar-refractivity contribution in [2.45, 2.75) is 63.8 Å². The minimum Gasteiger partial charge on any atom is -0.444 e. The maximum absolute atomic E-state index is 13.9. The fraction of sp³-hybridized carbons (Fsp3) is 0.448. The fourth-order valence-electron chi connectivity index (χ4n) is 4.91. The van der Waals surface area contributed by atoms with E-state index in [1.165, 1.54) is 17.0 Å². The first-order chi connectivity index (χ1) is 18.4. The number of benzene rings is 2. The molecule has 0 aliphatic carbocycles. The van der Waals surface area contributed by atoms with E-state index >= 15 is 0 Å². The topological polar surface area (TPSA) is 121 Å². The molecular weight excluding hydrogens is 503 g/mol. The average Bonchev–Trinajstić information content (AvgIpc) is 2.96. The number of nitrogens with one attached hydrogen (secondary N) is 2. The van der Waals surface area contributed by atoms with E-state index in [4.69, 9.17) is 9.47 Å². The Morgan fingerprint density at radius 1 is 1.15 bits per heavy atom. The number of nitriles is 1. The standard InChI is InChI=1S/C29H33FN4O5/c1-28(2,3)39-27(37)33-29(9-11-38-12-10-29)26(36)32-21(16-31)13-18-5-7-23-22-8-6-20(30)15-19(22)17-34(4)25(35)24(23)14-18/h5-8,14-15,21H,9-13,17H2,1-4H3,(H,32,36)(H,33,37)/t21-/m0/s1. The van der Waals surface area contributed by atoms with Crippen molar-refractivity contribution in [1.82, 2.24) is 15.5 Å².